The number of hydrogen-bond acceptors (Lipinski definition) is 5. The minimum atomic E-state index is -0.0859. The van der Waals surface area contributed by atoms with Gasteiger partial charge in [0, 0.05) is 29.9 Å². The topological polar surface area (TPSA) is 62.5 Å². The lowest BCUT2D eigenvalue weighted by Gasteiger charge is -2.36. The number of nitrogens with zero attached hydrogens (tertiary/aromatic N) is 3. The van der Waals surface area contributed by atoms with Crippen molar-refractivity contribution >= 4 is 40.5 Å². The lowest BCUT2D eigenvalue weighted by atomic mass is 10.0. The molecule has 0 radical (unpaired) electrons. The lowest BCUT2D eigenvalue weighted by molar-refractivity contribution is -0.125. The van der Waals surface area contributed by atoms with Crippen LogP contribution in [0.3, 0.4) is 0 Å². The highest BCUT2D eigenvalue weighted by atomic mass is 35.5. The number of benzene rings is 1. The molecule has 0 spiro atoms. The fraction of sp³-hybridized carbons (Fsp3) is 0.375. The van der Waals surface area contributed by atoms with Crippen LogP contribution in [-0.2, 0) is 11.3 Å². The Morgan fingerprint density at radius 1 is 1.39 bits per heavy atom. The number of anilines is 2. The molecule has 1 aromatic heterocycles. The molecule has 1 unspecified atom stereocenters. The van der Waals surface area contributed by atoms with Gasteiger partial charge in [-0.25, -0.2) is 4.98 Å². The van der Waals surface area contributed by atoms with Gasteiger partial charge in [0.1, 0.15) is 0 Å². The molecule has 1 aromatic carbocycles. The predicted molar refractivity (Wildman–Crippen MR) is 97.1 cm³/mol. The fourth-order valence-electron chi connectivity index (χ4n) is 2.88. The number of carbonyl (C=O) groups is 1. The summed E-state index contributed by atoms with van der Waals surface area (Å²) in [6, 6.07) is 9.80. The summed E-state index contributed by atoms with van der Waals surface area (Å²) in [5.41, 5.74) is 6.65. The van der Waals surface area contributed by atoms with Crippen molar-refractivity contribution in [1.29, 1.82) is 0 Å². The Labute approximate surface area is 146 Å². The first kappa shape index (κ1) is 17.7. The van der Waals surface area contributed by atoms with Gasteiger partial charge in [-0.15, -0.1) is 23.7 Å². The number of thiazole rings is 1. The van der Waals surface area contributed by atoms with Gasteiger partial charge in [0.2, 0.25) is 5.91 Å². The van der Waals surface area contributed by atoms with Crippen molar-refractivity contribution in [3.05, 3.63) is 41.4 Å². The average molecular weight is 353 g/mol. The molecular formula is C16H21ClN4OS. The van der Waals surface area contributed by atoms with E-state index in [0.29, 0.717) is 11.7 Å². The first-order chi connectivity index (χ1) is 10.6. The van der Waals surface area contributed by atoms with Crippen LogP contribution in [0.15, 0.2) is 36.5 Å². The smallest absolute Gasteiger partial charge is 0.244 e. The zero-order valence-corrected chi connectivity index (χ0v) is 14.6. The molecule has 2 aromatic rings. The minimum Gasteiger partial charge on any atom is -0.375 e. The second kappa shape index (κ2) is 7.77. The van der Waals surface area contributed by atoms with Crippen LogP contribution in [0.5, 0.6) is 0 Å². The van der Waals surface area contributed by atoms with Gasteiger partial charge in [0.15, 0.2) is 5.13 Å². The van der Waals surface area contributed by atoms with Crippen molar-refractivity contribution < 1.29 is 4.79 Å². The summed E-state index contributed by atoms with van der Waals surface area (Å²) >= 11 is 1.48. The first-order valence-electron chi connectivity index (χ1n) is 7.42. The van der Waals surface area contributed by atoms with E-state index < -0.39 is 0 Å². The van der Waals surface area contributed by atoms with E-state index in [4.69, 9.17) is 5.73 Å². The number of carbonyl (C=O) groups excluding carboxylic acids is 1. The summed E-state index contributed by atoms with van der Waals surface area (Å²) in [5, 5.41) is 0.573. The maximum atomic E-state index is 12.8. The van der Waals surface area contributed by atoms with Crippen molar-refractivity contribution in [2.75, 3.05) is 24.2 Å². The number of aromatic nitrogens is 1. The standard InChI is InChI=1S/C16H20N4OS.ClH/c1-19(11-13-10-18-16(17)22-13)14-8-5-9-20(15(14)21)12-6-3-2-4-7-12;/h2-4,6-7,10,14H,5,8-9,11H2,1H3,(H2,17,18);1H. The number of nitrogen functional groups attached to an aromatic ring is 1. The van der Waals surface area contributed by atoms with Crippen LogP contribution in [0.2, 0.25) is 0 Å². The number of likely N-dealkylation sites (N-methyl/N-ethyl adjacent to an activating group) is 1. The number of amides is 1. The third-order valence-corrected chi connectivity index (χ3v) is 4.80. The Bertz CT molecular complexity index is 649. The quantitative estimate of drug-likeness (QED) is 0.919. The summed E-state index contributed by atoms with van der Waals surface area (Å²) in [6.45, 7) is 1.49. The third kappa shape index (κ3) is 4.02. The predicted octanol–water partition coefficient (Wildman–Crippen LogP) is 2.77. The van der Waals surface area contributed by atoms with Gasteiger partial charge in [-0.1, -0.05) is 18.2 Å². The van der Waals surface area contributed by atoms with Gasteiger partial charge in [-0.3, -0.25) is 9.69 Å². The summed E-state index contributed by atoms with van der Waals surface area (Å²) in [7, 11) is 1.99. The molecule has 1 atom stereocenters. The summed E-state index contributed by atoms with van der Waals surface area (Å²) in [4.78, 5) is 22.0. The zero-order chi connectivity index (χ0) is 15.5. The average Bonchev–Trinajstić information content (AvgIpc) is 2.93. The van der Waals surface area contributed by atoms with Crippen molar-refractivity contribution in [2.24, 2.45) is 0 Å². The van der Waals surface area contributed by atoms with E-state index >= 15 is 0 Å². The summed E-state index contributed by atoms with van der Waals surface area (Å²) < 4.78 is 0. The summed E-state index contributed by atoms with van der Waals surface area (Å²) in [6.07, 6.45) is 3.70. The molecule has 5 nitrogen and oxygen atoms in total. The zero-order valence-electron chi connectivity index (χ0n) is 13.0. The minimum absolute atomic E-state index is 0. The largest absolute Gasteiger partial charge is 0.375 e. The normalized spacial score (nSPS) is 18.1. The Kier molecular flexibility index (Phi) is 5.98. The Hall–Kier alpha value is -1.63. The second-order valence-corrected chi connectivity index (χ2v) is 6.71. The van der Waals surface area contributed by atoms with Crippen molar-refractivity contribution in [3.8, 4) is 0 Å². The van der Waals surface area contributed by atoms with E-state index in [0.717, 1.165) is 30.0 Å². The van der Waals surface area contributed by atoms with Gasteiger partial charge < -0.3 is 10.6 Å². The summed E-state index contributed by atoms with van der Waals surface area (Å²) in [5.74, 6) is 0.178. The van der Waals surface area contributed by atoms with Crippen molar-refractivity contribution in [3.63, 3.8) is 0 Å². The molecule has 1 aliphatic heterocycles. The van der Waals surface area contributed by atoms with Crippen molar-refractivity contribution in [1.82, 2.24) is 9.88 Å². The van der Waals surface area contributed by atoms with Crippen LogP contribution in [0.4, 0.5) is 10.8 Å². The number of para-hydroxylation sites is 1. The monoisotopic (exact) mass is 352 g/mol. The molecule has 1 aliphatic rings. The van der Waals surface area contributed by atoms with Gasteiger partial charge >= 0.3 is 0 Å². The van der Waals surface area contributed by atoms with Gasteiger partial charge in [-0.05, 0) is 32.0 Å². The van der Waals surface area contributed by atoms with E-state index in [9.17, 15) is 4.79 Å². The molecule has 3 rings (SSSR count). The molecule has 0 saturated carbocycles. The molecule has 0 bridgehead atoms. The van der Waals surface area contributed by atoms with Crippen LogP contribution in [-0.4, -0.2) is 35.4 Å². The van der Waals surface area contributed by atoms with E-state index in [-0.39, 0.29) is 24.4 Å². The molecular weight excluding hydrogens is 332 g/mol. The Morgan fingerprint density at radius 2 is 2.13 bits per heavy atom. The van der Waals surface area contributed by atoms with Crippen LogP contribution < -0.4 is 10.6 Å². The first-order valence-corrected chi connectivity index (χ1v) is 8.23. The third-order valence-electron chi connectivity index (χ3n) is 3.99. The molecule has 124 valence electrons. The molecule has 2 heterocycles. The molecule has 1 saturated heterocycles. The number of rotatable bonds is 4. The Morgan fingerprint density at radius 3 is 2.78 bits per heavy atom. The number of hydrogen-bond donors (Lipinski definition) is 1. The molecule has 23 heavy (non-hydrogen) atoms. The number of piperidine rings is 1. The fourth-order valence-corrected chi connectivity index (χ4v) is 3.63. The van der Waals surface area contributed by atoms with Gasteiger partial charge in [0.05, 0.1) is 6.04 Å². The number of nitrogens with two attached hydrogens (primary N) is 1. The van der Waals surface area contributed by atoms with Crippen LogP contribution in [0, 0.1) is 0 Å². The highest BCUT2D eigenvalue weighted by Gasteiger charge is 2.32. The highest BCUT2D eigenvalue weighted by Crippen LogP contribution is 2.25. The van der Waals surface area contributed by atoms with Crippen LogP contribution in [0.1, 0.15) is 17.7 Å². The van der Waals surface area contributed by atoms with E-state index in [2.05, 4.69) is 9.88 Å². The lowest BCUT2D eigenvalue weighted by Crippen LogP contribution is -2.51. The van der Waals surface area contributed by atoms with E-state index in [1.807, 2.05) is 42.3 Å². The second-order valence-electron chi connectivity index (χ2n) is 5.56. The molecule has 2 N–H and O–H groups in total. The van der Waals surface area contributed by atoms with Crippen LogP contribution in [0.25, 0.3) is 0 Å². The maximum absolute atomic E-state index is 12.8. The molecule has 0 aliphatic carbocycles. The SMILES string of the molecule is CN(Cc1cnc(N)s1)C1CCCN(c2ccccc2)C1=O.Cl. The van der Waals surface area contributed by atoms with Crippen molar-refractivity contribution in [2.45, 2.75) is 25.4 Å². The Balaban J connectivity index is 0.00000192. The van der Waals surface area contributed by atoms with Gasteiger partial charge in [0.25, 0.3) is 0 Å². The van der Waals surface area contributed by atoms with Crippen LogP contribution >= 0.6 is 23.7 Å². The maximum Gasteiger partial charge on any atom is 0.244 e. The number of halogens is 1. The van der Waals surface area contributed by atoms with E-state index in [1.165, 1.54) is 11.3 Å². The molecule has 7 heteroatoms. The molecule has 1 fully saturated rings. The molecule has 1 amide bonds. The highest BCUT2D eigenvalue weighted by molar-refractivity contribution is 7.15. The van der Waals surface area contributed by atoms with Gasteiger partial charge in [-0.2, -0.15) is 0 Å². The van der Waals surface area contributed by atoms with E-state index in [1.54, 1.807) is 6.20 Å².